The van der Waals surface area contributed by atoms with Gasteiger partial charge in [-0.3, -0.25) is 9.59 Å². The smallest absolute Gasteiger partial charge is 0.307 e. The molecule has 2 atom stereocenters. The summed E-state index contributed by atoms with van der Waals surface area (Å²) in [6.45, 7) is 3.73. The molecule has 0 aromatic heterocycles. The normalized spacial score (nSPS) is 27.4. The van der Waals surface area contributed by atoms with E-state index >= 15 is 0 Å². The molecule has 96 valence electrons. The van der Waals surface area contributed by atoms with Gasteiger partial charge in [-0.05, 0) is 19.8 Å². The van der Waals surface area contributed by atoms with Crippen LogP contribution in [0.15, 0.2) is 0 Å². The second-order valence-electron chi connectivity index (χ2n) is 4.62. The highest BCUT2D eigenvalue weighted by molar-refractivity contribution is 5.80. The van der Waals surface area contributed by atoms with Gasteiger partial charge in [-0.1, -0.05) is 0 Å². The van der Waals surface area contributed by atoms with Crippen molar-refractivity contribution in [1.29, 1.82) is 0 Å². The molecule has 0 saturated carbocycles. The van der Waals surface area contributed by atoms with E-state index in [1.807, 2.05) is 4.90 Å². The molecule has 2 aliphatic heterocycles. The van der Waals surface area contributed by atoms with Crippen LogP contribution < -0.4 is 5.32 Å². The maximum absolute atomic E-state index is 11.7. The predicted octanol–water partition coefficient (Wildman–Crippen LogP) is 0.293. The van der Waals surface area contributed by atoms with Crippen molar-refractivity contribution in [3.8, 4) is 0 Å². The van der Waals surface area contributed by atoms with E-state index in [-0.39, 0.29) is 17.9 Å². The van der Waals surface area contributed by atoms with Crippen LogP contribution in [0.5, 0.6) is 0 Å². The zero-order valence-corrected chi connectivity index (χ0v) is 10.3. The lowest BCUT2D eigenvalue weighted by Crippen LogP contribution is -2.40. The van der Waals surface area contributed by atoms with Crippen LogP contribution >= 0.6 is 0 Å². The number of fused-ring (bicyclic) bond motifs is 1. The SMILES string of the molecule is CCOC(=O)CCNC1CC(=O)N2CCCC12. The first-order chi connectivity index (χ1) is 8.22. The highest BCUT2D eigenvalue weighted by Gasteiger charge is 2.41. The third-order valence-electron chi connectivity index (χ3n) is 3.52. The molecular formula is C12H20N2O3. The predicted molar refractivity (Wildman–Crippen MR) is 62.4 cm³/mol. The van der Waals surface area contributed by atoms with Gasteiger partial charge in [-0.25, -0.2) is 0 Å². The largest absolute Gasteiger partial charge is 0.466 e. The fourth-order valence-corrected chi connectivity index (χ4v) is 2.76. The Bertz CT molecular complexity index is 306. The van der Waals surface area contributed by atoms with Crippen LogP contribution in [0.4, 0.5) is 0 Å². The van der Waals surface area contributed by atoms with Gasteiger partial charge >= 0.3 is 5.97 Å². The van der Waals surface area contributed by atoms with Gasteiger partial charge in [0.05, 0.1) is 13.0 Å². The lowest BCUT2D eigenvalue weighted by Gasteiger charge is -2.20. The van der Waals surface area contributed by atoms with Gasteiger partial charge in [0, 0.05) is 31.6 Å². The Labute approximate surface area is 101 Å². The first-order valence-electron chi connectivity index (χ1n) is 6.41. The summed E-state index contributed by atoms with van der Waals surface area (Å²) in [4.78, 5) is 24.8. The highest BCUT2D eigenvalue weighted by atomic mass is 16.5. The summed E-state index contributed by atoms with van der Waals surface area (Å²) in [5.41, 5.74) is 0. The lowest BCUT2D eigenvalue weighted by atomic mass is 10.1. The second kappa shape index (κ2) is 5.49. The molecule has 0 spiro atoms. The first kappa shape index (κ1) is 12.4. The van der Waals surface area contributed by atoms with Crippen LogP contribution in [0, 0.1) is 0 Å². The topological polar surface area (TPSA) is 58.6 Å². The summed E-state index contributed by atoms with van der Waals surface area (Å²) in [6, 6.07) is 0.573. The highest BCUT2D eigenvalue weighted by Crippen LogP contribution is 2.28. The molecule has 1 amide bonds. The number of hydrogen-bond acceptors (Lipinski definition) is 4. The molecule has 2 rings (SSSR count). The molecule has 2 saturated heterocycles. The van der Waals surface area contributed by atoms with E-state index < -0.39 is 0 Å². The van der Waals surface area contributed by atoms with E-state index in [4.69, 9.17) is 4.74 Å². The third-order valence-corrected chi connectivity index (χ3v) is 3.52. The summed E-state index contributed by atoms with van der Waals surface area (Å²) >= 11 is 0. The lowest BCUT2D eigenvalue weighted by molar-refractivity contribution is -0.143. The van der Waals surface area contributed by atoms with Crippen molar-refractivity contribution in [3.05, 3.63) is 0 Å². The van der Waals surface area contributed by atoms with Crippen LogP contribution in [-0.4, -0.2) is 48.6 Å². The number of nitrogens with zero attached hydrogens (tertiary/aromatic N) is 1. The Morgan fingerprint density at radius 1 is 1.59 bits per heavy atom. The quantitative estimate of drug-likeness (QED) is 0.702. The van der Waals surface area contributed by atoms with Crippen molar-refractivity contribution < 1.29 is 14.3 Å². The van der Waals surface area contributed by atoms with E-state index in [1.54, 1.807) is 6.92 Å². The Balaban J connectivity index is 1.73. The second-order valence-corrected chi connectivity index (χ2v) is 4.62. The molecule has 2 fully saturated rings. The van der Waals surface area contributed by atoms with Crippen molar-refractivity contribution in [2.75, 3.05) is 19.7 Å². The molecule has 0 aromatic carbocycles. The fourth-order valence-electron chi connectivity index (χ4n) is 2.76. The maximum Gasteiger partial charge on any atom is 0.307 e. The number of amides is 1. The standard InChI is InChI=1S/C12H20N2O3/c1-2-17-12(16)5-6-13-9-8-11(15)14-7-3-4-10(9)14/h9-10,13H,2-8H2,1H3. The number of carbonyl (C=O) groups excluding carboxylic acids is 2. The molecule has 0 aromatic rings. The number of rotatable bonds is 5. The molecule has 1 N–H and O–H groups in total. The van der Waals surface area contributed by atoms with Crippen LogP contribution in [0.25, 0.3) is 0 Å². The van der Waals surface area contributed by atoms with E-state index in [2.05, 4.69) is 5.32 Å². The van der Waals surface area contributed by atoms with E-state index in [9.17, 15) is 9.59 Å². The average Bonchev–Trinajstić information content (AvgIpc) is 2.85. The number of ether oxygens (including phenoxy) is 1. The molecule has 2 aliphatic rings. The van der Waals surface area contributed by atoms with Gasteiger partial charge in [-0.15, -0.1) is 0 Å². The Kier molecular flexibility index (Phi) is 3.99. The monoisotopic (exact) mass is 240 g/mol. The van der Waals surface area contributed by atoms with Gasteiger partial charge in [0.1, 0.15) is 0 Å². The van der Waals surface area contributed by atoms with Crippen LogP contribution in [0.2, 0.25) is 0 Å². The minimum absolute atomic E-state index is 0.174. The van der Waals surface area contributed by atoms with Crippen molar-refractivity contribution >= 4 is 11.9 Å². The molecule has 2 unspecified atom stereocenters. The van der Waals surface area contributed by atoms with Crippen LogP contribution in [0.1, 0.15) is 32.6 Å². The van der Waals surface area contributed by atoms with Crippen molar-refractivity contribution in [3.63, 3.8) is 0 Å². The summed E-state index contributed by atoms with van der Waals surface area (Å²) in [5.74, 6) is 0.0775. The number of nitrogens with one attached hydrogen (secondary N) is 1. The first-order valence-corrected chi connectivity index (χ1v) is 6.41. The Morgan fingerprint density at radius 3 is 3.18 bits per heavy atom. The number of carbonyl (C=O) groups is 2. The molecule has 17 heavy (non-hydrogen) atoms. The molecular weight excluding hydrogens is 220 g/mol. The average molecular weight is 240 g/mol. The minimum atomic E-state index is -0.174. The number of esters is 1. The molecule has 0 aliphatic carbocycles. The van der Waals surface area contributed by atoms with Crippen molar-refractivity contribution in [2.24, 2.45) is 0 Å². The molecule has 5 heteroatoms. The van der Waals surface area contributed by atoms with E-state index in [1.165, 1.54) is 0 Å². The van der Waals surface area contributed by atoms with E-state index in [0.717, 1.165) is 19.4 Å². The molecule has 2 heterocycles. The zero-order valence-electron chi connectivity index (χ0n) is 10.3. The molecule has 0 bridgehead atoms. The van der Waals surface area contributed by atoms with Gasteiger partial charge in [-0.2, -0.15) is 0 Å². The van der Waals surface area contributed by atoms with Gasteiger partial charge in [0.25, 0.3) is 0 Å². The van der Waals surface area contributed by atoms with Gasteiger partial charge in [0.2, 0.25) is 5.91 Å². The molecule has 5 nitrogen and oxygen atoms in total. The van der Waals surface area contributed by atoms with E-state index in [0.29, 0.717) is 32.0 Å². The zero-order chi connectivity index (χ0) is 12.3. The van der Waals surface area contributed by atoms with Crippen LogP contribution in [0.3, 0.4) is 0 Å². The Hall–Kier alpha value is -1.10. The van der Waals surface area contributed by atoms with Crippen LogP contribution in [-0.2, 0) is 14.3 Å². The summed E-state index contributed by atoms with van der Waals surface area (Å²) in [6.07, 6.45) is 3.15. The van der Waals surface area contributed by atoms with Crippen molar-refractivity contribution in [2.45, 2.75) is 44.7 Å². The van der Waals surface area contributed by atoms with Gasteiger partial charge < -0.3 is 15.0 Å². The minimum Gasteiger partial charge on any atom is -0.466 e. The van der Waals surface area contributed by atoms with Crippen molar-refractivity contribution in [1.82, 2.24) is 10.2 Å². The Morgan fingerprint density at radius 2 is 2.41 bits per heavy atom. The summed E-state index contributed by atoms with van der Waals surface area (Å²) < 4.78 is 4.86. The molecule has 0 radical (unpaired) electrons. The fraction of sp³-hybridized carbons (Fsp3) is 0.833. The summed E-state index contributed by atoms with van der Waals surface area (Å²) in [5, 5.41) is 3.31. The maximum atomic E-state index is 11.7. The number of hydrogen-bond donors (Lipinski definition) is 1. The van der Waals surface area contributed by atoms with Gasteiger partial charge in [0.15, 0.2) is 0 Å². The third kappa shape index (κ3) is 2.77. The summed E-state index contributed by atoms with van der Waals surface area (Å²) in [7, 11) is 0.